The van der Waals surface area contributed by atoms with Gasteiger partial charge in [0.25, 0.3) is 0 Å². The van der Waals surface area contributed by atoms with Crippen LogP contribution in [0.25, 0.3) is 0 Å². The van der Waals surface area contributed by atoms with E-state index < -0.39 is 16.1 Å². The topological polar surface area (TPSA) is 99.2 Å². The SMILES string of the molecule is COCC(CN)NS(=O)(=O)c1cnn(C)c1. The molecular weight excluding hydrogens is 232 g/mol. The summed E-state index contributed by atoms with van der Waals surface area (Å²) in [6.07, 6.45) is 2.70. The highest BCUT2D eigenvalue weighted by molar-refractivity contribution is 7.89. The third-order valence-corrected chi connectivity index (χ3v) is 3.44. The van der Waals surface area contributed by atoms with Crippen LogP contribution >= 0.6 is 0 Å². The molecule has 1 atom stereocenters. The van der Waals surface area contributed by atoms with Crippen molar-refractivity contribution in [2.45, 2.75) is 10.9 Å². The van der Waals surface area contributed by atoms with Crippen LogP contribution in [0.15, 0.2) is 17.3 Å². The van der Waals surface area contributed by atoms with Crippen LogP contribution in [0.4, 0.5) is 0 Å². The maximum Gasteiger partial charge on any atom is 0.244 e. The van der Waals surface area contributed by atoms with Crippen molar-refractivity contribution in [2.75, 3.05) is 20.3 Å². The maximum absolute atomic E-state index is 11.8. The molecule has 8 heteroatoms. The average Bonchev–Trinajstić information content (AvgIpc) is 2.64. The molecule has 1 heterocycles. The average molecular weight is 248 g/mol. The molecule has 0 saturated heterocycles. The van der Waals surface area contributed by atoms with Crippen molar-refractivity contribution >= 4 is 10.0 Å². The summed E-state index contributed by atoms with van der Waals surface area (Å²) in [4.78, 5) is 0.115. The molecule has 1 aromatic rings. The molecule has 1 rings (SSSR count). The first-order valence-corrected chi connectivity index (χ1v) is 6.18. The second-order valence-corrected chi connectivity index (χ2v) is 5.07. The minimum absolute atomic E-state index is 0.115. The Kier molecular flexibility index (Phi) is 4.42. The lowest BCUT2D eigenvalue weighted by atomic mass is 10.3. The van der Waals surface area contributed by atoms with Gasteiger partial charge in [-0.25, -0.2) is 13.1 Å². The summed E-state index contributed by atoms with van der Waals surface area (Å²) in [6.45, 7) is 0.406. The Morgan fingerprint density at radius 3 is 2.81 bits per heavy atom. The molecule has 0 fully saturated rings. The van der Waals surface area contributed by atoms with Crippen molar-refractivity contribution in [3.05, 3.63) is 12.4 Å². The van der Waals surface area contributed by atoms with E-state index in [1.165, 1.54) is 24.2 Å². The molecule has 0 aliphatic heterocycles. The number of rotatable bonds is 6. The number of sulfonamides is 1. The van der Waals surface area contributed by atoms with Crippen LogP contribution in [-0.2, 0) is 21.8 Å². The molecule has 7 nitrogen and oxygen atoms in total. The normalized spacial score (nSPS) is 13.9. The summed E-state index contributed by atoms with van der Waals surface area (Å²) >= 11 is 0. The Balaban J connectivity index is 2.78. The van der Waals surface area contributed by atoms with Gasteiger partial charge in [-0.05, 0) is 0 Å². The summed E-state index contributed by atoms with van der Waals surface area (Å²) in [5.41, 5.74) is 5.42. The standard InChI is InChI=1S/C8H16N4O3S/c1-12-5-8(4-10-12)16(13,14)11-7(3-9)6-15-2/h4-5,7,11H,3,6,9H2,1-2H3. The van der Waals surface area contributed by atoms with Gasteiger partial charge in [0.05, 0.1) is 18.8 Å². The highest BCUT2D eigenvalue weighted by Gasteiger charge is 2.20. The minimum Gasteiger partial charge on any atom is -0.383 e. The lowest BCUT2D eigenvalue weighted by molar-refractivity contribution is 0.177. The van der Waals surface area contributed by atoms with Gasteiger partial charge in [-0.15, -0.1) is 0 Å². The fourth-order valence-electron chi connectivity index (χ4n) is 1.18. The third-order valence-electron chi connectivity index (χ3n) is 1.97. The van der Waals surface area contributed by atoms with E-state index in [0.717, 1.165) is 0 Å². The maximum atomic E-state index is 11.8. The lowest BCUT2D eigenvalue weighted by Crippen LogP contribution is -2.42. The van der Waals surface area contributed by atoms with Gasteiger partial charge in [-0.3, -0.25) is 4.68 Å². The number of hydrogen-bond acceptors (Lipinski definition) is 5. The predicted molar refractivity (Wildman–Crippen MR) is 58.2 cm³/mol. The van der Waals surface area contributed by atoms with Crippen LogP contribution in [0.3, 0.4) is 0 Å². The molecule has 0 amide bonds. The van der Waals surface area contributed by atoms with Crippen LogP contribution in [0.5, 0.6) is 0 Å². The van der Waals surface area contributed by atoms with Gasteiger partial charge >= 0.3 is 0 Å². The number of nitrogens with one attached hydrogen (secondary N) is 1. The number of nitrogens with zero attached hydrogens (tertiary/aromatic N) is 2. The fourth-order valence-corrected chi connectivity index (χ4v) is 2.39. The number of hydrogen-bond donors (Lipinski definition) is 2. The molecule has 0 saturated carbocycles. The Morgan fingerprint density at radius 1 is 1.69 bits per heavy atom. The highest BCUT2D eigenvalue weighted by Crippen LogP contribution is 2.06. The third kappa shape index (κ3) is 3.27. The van der Waals surface area contributed by atoms with E-state index in [2.05, 4.69) is 9.82 Å². The van der Waals surface area contributed by atoms with Crippen molar-refractivity contribution in [2.24, 2.45) is 12.8 Å². The molecule has 0 aliphatic rings. The van der Waals surface area contributed by atoms with E-state index in [4.69, 9.17) is 10.5 Å². The summed E-state index contributed by atoms with van der Waals surface area (Å²) in [5.74, 6) is 0. The fraction of sp³-hybridized carbons (Fsp3) is 0.625. The Bertz CT molecular complexity index is 428. The van der Waals surface area contributed by atoms with Crippen LogP contribution in [0.2, 0.25) is 0 Å². The monoisotopic (exact) mass is 248 g/mol. The van der Waals surface area contributed by atoms with E-state index in [9.17, 15) is 8.42 Å². The summed E-state index contributed by atoms with van der Waals surface area (Å²) in [6, 6.07) is -0.435. The van der Waals surface area contributed by atoms with Crippen molar-refractivity contribution in [1.29, 1.82) is 0 Å². The first-order chi connectivity index (χ1) is 7.49. The molecule has 1 aromatic heterocycles. The van der Waals surface area contributed by atoms with Crippen molar-refractivity contribution in [3.63, 3.8) is 0 Å². The second-order valence-electron chi connectivity index (χ2n) is 3.36. The van der Waals surface area contributed by atoms with E-state index in [0.29, 0.717) is 0 Å². The van der Waals surface area contributed by atoms with Gasteiger partial charge in [0.2, 0.25) is 10.0 Å². The van der Waals surface area contributed by atoms with Gasteiger partial charge in [0.15, 0.2) is 0 Å². The first-order valence-electron chi connectivity index (χ1n) is 4.69. The molecule has 0 bridgehead atoms. The van der Waals surface area contributed by atoms with E-state index in [1.54, 1.807) is 7.05 Å². The zero-order valence-electron chi connectivity index (χ0n) is 9.25. The zero-order valence-corrected chi connectivity index (χ0v) is 10.1. The Labute approximate surface area is 94.6 Å². The summed E-state index contributed by atoms with van der Waals surface area (Å²) in [5, 5.41) is 3.80. The van der Waals surface area contributed by atoms with Gasteiger partial charge in [0, 0.05) is 26.9 Å². The van der Waals surface area contributed by atoms with Crippen molar-refractivity contribution in [3.8, 4) is 0 Å². The largest absolute Gasteiger partial charge is 0.383 e. The van der Waals surface area contributed by atoms with Crippen molar-refractivity contribution in [1.82, 2.24) is 14.5 Å². The number of methoxy groups -OCH3 is 1. The number of ether oxygens (including phenoxy) is 1. The van der Waals surface area contributed by atoms with Gasteiger partial charge in [0.1, 0.15) is 4.90 Å². The molecule has 16 heavy (non-hydrogen) atoms. The second kappa shape index (κ2) is 5.39. The van der Waals surface area contributed by atoms with Gasteiger partial charge < -0.3 is 10.5 Å². The molecule has 0 aliphatic carbocycles. The van der Waals surface area contributed by atoms with E-state index in [-0.39, 0.29) is 18.0 Å². The lowest BCUT2D eigenvalue weighted by Gasteiger charge is -2.14. The van der Waals surface area contributed by atoms with Crippen molar-refractivity contribution < 1.29 is 13.2 Å². The molecule has 0 aromatic carbocycles. The molecule has 3 N–H and O–H groups in total. The number of nitrogens with two attached hydrogens (primary N) is 1. The number of aromatic nitrogens is 2. The smallest absolute Gasteiger partial charge is 0.244 e. The summed E-state index contributed by atoms with van der Waals surface area (Å²) in [7, 11) is -0.432. The van der Waals surface area contributed by atoms with Gasteiger partial charge in [-0.1, -0.05) is 0 Å². The molecule has 0 spiro atoms. The van der Waals surface area contributed by atoms with E-state index >= 15 is 0 Å². The highest BCUT2D eigenvalue weighted by atomic mass is 32.2. The molecular formula is C8H16N4O3S. The minimum atomic E-state index is -3.57. The van der Waals surface area contributed by atoms with Crippen LogP contribution in [-0.4, -0.2) is 44.5 Å². The molecule has 92 valence electrons. The Hall–Kier alpha value is -0.960. The Morgan fingerprint density at radius 2 is 2.38 bits per heavy atom. The first kappa shape index (κ1) is 13.1. The summed E-state index contributed by atoms with van der Waals surface area (Å²) < 4.78 is 32.3. The quantitative estimate of drug-likeness (QED) is 0.650. The van der Waals surface area contributed by atoms with E-state index in [1.807, 2.05) is 0 Å². The molecule has 1 unspecified atom stereocenters. The van der Waals surface area contributed by atoms with Gasteiger partial charge in [-0.2, -0.15) is 5.10 Å². The van der Waals surface area contributed by atoms with Crippen LogP contribution in [0, 0.1) is 0 Å². The van der Waals surface area contributed by atoms with Crippen LogP contribution < -0.4 is 10.5 Å². The zero-order chi connectivity index (χ0) is 12.2. The molecule has 0 radical (unpaired) electrons. The number of aryl methyl sites for hydroxylation is 1. The predicted octanol–water partition coefficient (Wildman–Crippen LogP) is -1.33. The van der Waals surface area contributed by atoms with Crippen LogP contribution in [0.1, 0.15) is 0 Å².